The quantitative estimate of drug-likeness (QED) is 0.675. The summed E-state index contributed by atoms with van der Waals surface area (Å²) in [5, 5.41) is 7.67. The number of hydrogen-bond acceptors (Lipinski definition) is 5. The Morgan fingerprint density at radius 1 is 1.29 bits per heavy atom. The van der Waals surface area contributed by atoms with E-state index in [0.29, 0.717) is 6.54 Å². The number of carbonyl (C=O) groups is 1. The van der Waals surface area contributed by atoms with Gasteiger partial charge in [0.05, 0.1) is 26.2 Å². The lowest BCUT2D eigenvalue weighted by molar-refractivity contribution is 0.0594. The summed E-state index contributed by atoms with van der Waals surface area (Å²) in [5.74, 6) is -0.489. The van der Waals surface area contributed by atoms with E-state index in [1.807, 2.05) is 35.0 Å². The third-order valence-electron chi connectivity index (χ3n) is 3.02. The lowest BCUT2D eigenvalue weighted by Gasteiger charge is -2.04. The average Bonchev–Trinajstić information content (AvgIpc) is 3.18. The van der Waals surface area contributed by atoms with E-state index in [1.165, 1.54) is 7.11 Å². The van der Waals surface area contributed by atoms with Crippen molar-refractivity contribution in [3.63, 3.8) is 0 Å². The summed E-state index contributed by atoms with van der Waals surface area (Å²) < 4.78 is 8.11. The Morgan fingerprint density at radius 2 is 2.10 bits per heavy atom. The molecule has 3 rings (SSSR count). The minimum absolute atomic E-state index is 0.201. The zero-order chi connectivity index (χ0) is 14.7. The van der Waals surface area contributed by atoms with Crippen LogP contribution in [-0.2, 0) is 11.3 Å². The van der Waals surface area contributed by atoms with Gasteiger partial charge in [0.1, 0.15) is 0 Å². The normalized spacial score (nSPS) is 10.5. The van der Waals surface area contributed by atoms with Crippen molar-refractivity contribution in [1.82, 2.24) is 24.5 Å². The number of aromatic nitrogens is 5. The van der Waals surface area contributed by atoms with Gasteiger partial charge in [-0.2, -0.15) is 0 Å². The van der Waals surface area contributed by atoms with Crippen molar-refractivity contribution >= 4 is 5.97 Å². The molecule has 106 valence electrons. The average molecular weight is 283 g/mol. The van der Waals surface area contributed by atoms with Crippen molar-refractivity contribution in [2.75, 3.05) is 7.11 Å². The van der Waals surface area contributed by atoms with Crippen LogP contribution in [0, 0.1) is 0 Å². The highest BCUT2D eigenvalue weighted by molar-refractivity contribution is 5.86. The number of imidazole rings is 1. The van der Waals surface area contributed by atoms with Gasteiger partial charge in [0, 0.05) is 18.1 Å². The molecular weight excluding hydrogens is 270 g/mol. The first-order chi connectivity index (χ1) is 10.3. The molecule has 3 aromatic rings. The minimum atomic E-state index is -0.489. The fourth-order valence-corrected chi connectivity index (χ4v) is 1.95. The Morgan fingerprint density at radius 3 is 2.76 bits per heavy atom. The van der Waals surface area contributed by atoms with Gasteiger partial charge in [0.15, 0.2) is 5.69 Å². The van der Waals surface area contributed by atoms with Crippen LogP contribution in [0.4, 0.5) is 0 Å². The molecular formula is C14H13N5O2. The second-order valence-electron chi connectivity index (χ2n) is 4.43. The first kappa shape index (κ1) is 13.0. The maximum absolute atomic E-state index is 11.3. The molecule has 0 aliphatic heterocycles. The zero-order valence-electron chi connectivity index (χ0n) is 11.4. The van der Waals surface area contributed by atoms with E-state index < -0.39 is 5.97 Å². The largest absolute Gasteiger partial charge is 0.464 e. The highest BCUT2D eigenvalue weighted by Gasteiger charge is 2.10. The Labute approximate surface area is 120 Å². The van der Waals surface area contributed by atoms with Gasteiger partial charge in [0.2, 0.25) is 0 Å². The van der Waals surface area contributed by atoms with Crippen LogP contribution in [0.25, 0.3) is 5.69 Å². The maximum atomic E-state index is 11.3. The molecule has 0 fully saturated rings. The molecule has 0 atom stereocenters. The first-order valence-electron chi connectivity index (χ1n) is 6.32. The molecule has 0 amide bonds. The third-order valence-corrected chi connectivity index (χ3v) is 3.02. The fourth-order valence-electron chi connectivity index (χ4n) is 1.95. The number of rotatable bonds is 4. The summed E-state index contributed by atoms with van der Waals surface area (Å²) in [6.07, 6.45) is 6.93. The first-order valence-corrected chi connectivity index (χ1v) is 6.32. The number of carbonyl (C=O) groups excluding carboxylic acids is 1. The molecule has 0 unspecified atom stereocenters. The summed E-state index contributed by atoms with van der Waals surface area (Å²) in [6.45, 7) is 0.536. The smallest absolute Gasteiger partial charge is 0.360 e. The number of hydrogen-bond donors (Lipinski definition) is 0. The summed E-state index contributed by atoms with van der Waals surface area (Å²) in [4.78, 5) is 15.3. The minimum Gasteiger partial charge on any atom is -0.464 e. The highest BCUT2D eigenvalue weighted by atomic mass is 16.5. The molecule has 0 saturated carbocycles. The van der Waals surface area contributed by atoms with Crippen LogP contribution in [0.1, 0.15) is 16.1 Å². The lowest BCUT2D eigenvalue weighted by atomic mass is 10.2. The van der Waals surface area contributed by atoms with Gasteiger partial charge < -0.3 is 9.30 Å². The van der Waals surface area contributed by atoms with E-state index in [2.05, 4.69) is 20.0 Å². The lowest BCUT2D eigenvalue weighted by Crippen LogP contribution is -2.02. The number of methoxy groups -OCH3 is 1. The van der Waals surface area contributed by atoms with E-state index >= 15 is 0 Å². The van der Waals surface area contributed by atoms with Crippen molar-refractivity contribution in [3.8, 4) is 5.69 Å². The molecule has 7 heteroatoms. The van der Waals surface area contributed by atoms with Gasteiger partial charge in [-0.3, -0.25) is 0 Å². The topological polar surface area (TPSA) is 74.8 Å². The van der Waals surface area contributed by atoms with Gasteiger partial charge >= 0.3 is 5.97 Å². The van der Waals surface area contributed by atoms with Crippen LogP contribution < -0.4 is 0 Å². The van der Waals surface area contributed by atoms with Gasteiger partial charge in [-0.1, -0.05) is 17.3 Å². The van der Waals surface area contributed by atoms with Crippen LogP contribution in [0.15, 0.2) is 49.2 Å². The summed E-state index contributed by atoms with van der Waals surface area (Å²) in [6, 6.07) is 7.98. The number of ether oxygens (including phenoxy) is 1. The van der Waals surface area contributed by atoms with E-state index in [9.17, 15) is 4.79 Å². The third kappa shape index (κ3) is 2.81. The molecule has 0 aliphatic rings. The maximum Gasteiger partial charge on any atom is 0.360 e. The fraction of sp³-hybridized carbons (Fsp3) is 0.143. The van der Waals surface area contributed by atoms with Gasteiger partial charge in [0.25, 0.3) is 0 Å². The van der Waals surface area contributed by atoms with Gasteiger partial charge in [-0.05, 0) is 17.7 Å². The molecule has 21 heavy (non-hydrogen) atoms. The van der Waals surface area contributed by atoms with Gasteiger partial charge in [-0.15, -0.1) is 5.10 Å². The molecule has 0 radical (unpaired) electrons. The Bertz CT molecular complexity index is 731. The van der Waals surface area contributed by atoms with Gasteiger partial charge in [-0.25, -0.2) is 14.5 Å². The molecule has 7 nitrogen and oxygen atoms in total. The Kier molecular flexibility index (Phi) is 3.46. The van der Waals surface area contributed by atoms with Crippen molar-refractivity contribution in [3.05, 3.63) is 60.4 Å². The predicted octanol–water partition coefficient (Wildman–Crippen LogP) is 1.30. The van der Waals surface area contributed by atoms with Crippen LogP contribution >= 0.6 is 0 Å². The van der Waals surface area contributed by atoms with Crippen molar-refractivity contribution in [1.29, 1.82) is 0 Å². The molecule has 2 aromatic heterocycles. The zero-order valence-corrected chi connectivity index (χ0v) is 11.4. The van der Waals surface area contributed by atoms with Crippen LogP contribution in [0.2, 0.25) is 0 Å². The van der Waals surface area contributed by atoms with E-state index in [4.69, 9.17) is 0 Å². The van der Waals surface area contributed by atoms with E-state index in [0.717, 1.165) is 11.3 Å². The second-order valence-corrected chi connectivity index (χ2v) is 4.43. The molecule has 2 heterocycles. The monoisotopic (exact) mass is 283 g/mol. The van der Waals surface area contributed by atoms with E-state index in [-0.39, 0.29) is 5.69 Å². The Balaban J connectivity index is 1.73. The highest BCUT2D eigenvalue weighted by Crippen LogP contribution is 2.10. The van der Waals surface area contributed by atoms with Crippen molar-refractivity contribution < 1.29 is 9.53 Å². The molecule has 0 spiro atoms. The Hall–Kier alpha value is -2.96. The molecule has 0 saturated heterocycles. The summed E-state index contributed by atoms with van der Waals surface area (Å²) in [7, 11) is 1.32. The number of nitrogens with zero attached hydrogens (tertiary/aromatic N) is 5. The molecule has 1 aromatic carbocycles. The van der Waals surface area contributed by atoms with E-state index in [1.54, 1.807) is 23.4 Å². The predicted molar refractivity (Wildman–Crippen MR) is 74.0 cm³/mol. The summed E-state index contributed by atoms with van der Waals surface area (Å²) in [5.41, 5.74) is 2.29. The van der Waals surface area contributed by atoms with Crippen LogP contribution in [-0.4, -0.2) is 37.6 Å². The van der Waals surface area contributed by atoms with Crippen LogP contribution in [0.5, 0.6) is 0 Å². The summed E-state index contributed by atoms with van der Waals surface area (Å²) >= 11 is 0. The number of esters is 1. The molecule has 0 aliphatic carbocycles. The molecule has 0 bridgehead atoms. The van der Waals surface area contributed by atoms with Crippen molar-refractivity contribution in [2.24, 2.45) is 0 Å². The molecule has 0 N–H and O–H groups in total. The van der Waals surface area contributed by atoms with Crippen molar-refractivity contribution in [2.45, 2.75) is 6.54 Å². The second kappa shape index (κ2) is 5.58. The van der Waals surface area contributed by atoms with Crippen LogP contribution in [0.3, 0.4) is 0 Å². The number of benzene rings is 1. The SMILES string of the molecule is COC(=O)c1cn(Cc2ccc(-n3ccnc3)cc2)nn1. The standard InChI is InChI=1S/C14H13N5O2/c1-21-14(20)13-9-19(17-16-13)8-11-2-4-12(5-3-11)18-7-6-15-10-18/h2-7,9-10H,8H2,1H3.